The molecule has 2 heterocycles. The molecule has 2 aromatic carbocycles. The molecule has 1 aliphatic heterocycles. The van der Waals surface area contributed by atoms with Crippen molar-refractivity contribution >= 4 is 44.7 Å². The molecule has 1 aromatic heterocycles. The van der Waals surface area contributed by atoms with Crippen molar-refractivity contribution in [1.82, 2.24) is 25.2 Å². The molecule has 0 spiro atoms. The van der Waals surface area contributed by atoms with Gasteiger partial charge in [0.1, 0.15) is 40.8 Å². The van der Waals surface area contributed by atoms with E-state index in [2.05, 4.69) is 21.9 Å². The topological polar surface area (TPSA) is 182 Å². The highest BCUT2D eigenvalue weighted by Gasteiger charge is 2.62. The molecule has 5 unspecified atom stereocenters. The first-order chi connectivity index (χ1) is 27.1. The number of amides is 4. The molecule has 4 fully saturated rings. The number of benzene rings is 2. The molecule has 5 atom stereocenters. The molecular formula is C42H51N5O9S. The highest BCUT2D eigenvalue weighted by molar-refractivity contribution is 7.91. The number of carbonyl (C=O) groups excluding carboxylic acids is 4. The van der Waals surface area contributed by atoms with Crippen LogP contribution in [0.3, 0.4) is 0 Å². The number of nitrogens with one attached hydrogen (secondary N) is 3. The van der Waals surface area contributed by atoms with Crippen molar-refractivity contribution < 1.29 is 41.8 Å². The maximum atomic E-state index is 14.8. The van der Waals surface area contributed by atoms with Crippen LogP contribution in [-0.4, -0.2) is 90.3 Å². The highest BCUT2D eigenvalue weighted by Crippen LogP contribution is 2.46. The number of fused-ring (bicyclic) bond motifs is 1. The Labute approximate surface area is 333 Å². The van der Waals surface area contributed by atoms with Crippen LogP contribution in [0.1, 0.15) is 72.1 Å². The third-order valence-corrected chi connectivity index (χ3v) is 13.1. The van der Waals surface area contributed by atoms with Crippen molar-refractivity contribution in [3.63, 3.8) is 0 Å². The number of pyridine rings is 1. The summed E-state index contributed by atoms with van der Waals surface area (Å²) in [6, 6.07) is 14.8. The Bertz CT molecular complexity index is 2160. The second kappa shape index (κ2) is 15.6. The van der Waals surface area contributed by atoms with Crippen molar-refractivity contribution in [2.45, 2.75) is 107 Å². The molecule has 4 aliphatic rings. The van der Waals surface area contributed by atoms with Crippen LogP contribution in [-0.2, 0) is 29.1 Å². The monoisotopic (exact) mass is 801 g/mol. The summed E-state index contributed by atoms with van der Waals surface area (Å²) in [5.41, 5.74) is -0.251. The van der Waals surface area contributed by atoms with E-state index in [9.17, 15) is 27.6 Å². The summed E-state index contributed by atoms with van der Waals surface area (Å²) in [6.07, 6.45) is 4.34. The lowest BCUT2D eigenvalue weighted by atomic mass is 9.96. The van der Waals surface area contributed by atoms with Crippen molar-refractivity contribution in [1.29, 1.82) is 0 Å². The molecule has 15 heteroatoms. The first kappa shape index (κ1) is 40.0. The van der Waals surface area contributed by atoms with E-state index in [1.54, 1.807) is 33.9 Å². The van der Waals surface area contributed by atoms with Gasteiger partial charge in [0.05, 0.1) is 30.1 Å². The Kier molecular flexibility index (Phi) is 11.0. The lowest BCUT2D eigenvalue weighted by molar-refractivity contribution is -0.142. The average Bonchev–Trinajstić information content (AvgIpc) is 4.05. The lowest BCUT2D eigenvalue weighted by Crippen LogP contribution is -2.59. The number of hydrogen-bond acceptors (Lipinski definition) is 10. The van der Waals surface area contributed by atoms with E-state index < -0.39 is 74.3 Å². The number of carbonyl (C=O) groups is 4. The van der Waals surface area contributed by atoms with Crippen molar-refractivity contribution in [2.75, 3.05) is 13.7 Å². The predicted octanol–water partition coefficient (Wildman–Crippen LogP) is 5.01. The fourth-order valence-corrected chi connectivity index (χ4v) is 9.38. The molecule has 3 saturated carbocycles. The minimum absolute atomic E-state index is 0.0169. The summed E-state index contributed by atoms with van der Waals surface area (Å²) >= 11 is 0. The minimum atomic E-state index is -3.91. The summed E-state index contributed by atoms with van der Waals surface area (Å²) in [5, 5.41) is 5.71. The maximum Gasteiger partial charge on any atom is 0.408 e. The smallest absolute Gasteiger partial charge is 0.408 e. The quantitative estimate of drug-likeness (QED) is 0.199. The first-order valence-corrected chi connectivity index (χ1v) is 21.2. The van der Waals surface area contributed by atoms with Gasteiger partial charge in [-0.05, 0) is 70.9 Å². The standard InChI is InChI=1S/C42H51N5O9S/c1-6-27-23-42(27,39(50)46-57(52,53)30-17-18-30)45-37(48)34-21-29(24-47(34)38(49)36(26-14-10-11-15-26)44-40(51)56-41(2,3)4)55-35-22-32(25-12-8-7-9-13-25)43-33-20-28(54-5)16-19-31(33)35/h6-9,12-13,16,19-20,22,26-27,29-30,34,36H,1,10-11,14-15,17-18,21,23-24H2,2-5H3,(H,44,51)(H,45,48)(H,46,50). The van der Waals surface area contributed by atoms with Crippen molar-refractivity contribution in [3.8, 4) is 22.8 Å². The summed E-state index contributed by atoms with van der Waals surface area (Å²) in [6.45, 7) is 9.00. The molecule has 3 N–H and O–H groups in total. The van der Waals surface area contributed by atoms with E-state index in [1.165, 1.54) is 11.0 Å². The molecule has 1 saturated heterocycles. The Morgan fingerprint density at radius 3 is 2.37 bits per heavy atom. The number of likely N-dealkylation sites (tertiary alicyclic amines) is 1. The lowest BCUT2D eigenvalue weighted by Gasteiger charge is -2.32. The van der Waals surface area contributed by atoms with Gasteiger partial charge in [0.15, 0.2) is 0 Å². The van der Waals surface area contributed by atoms with Gasteiger partial charge in [0.2, 0.25) is 21.8 Å². The number of alkyl carbamates (subject to hydrolysis) is 1. The SMILES string of the molecule is C=CC1CC1(NC(=O)C1CC(Oc2cc(-c3ccccc3)nc3cc(OC)ccc23)CN1C(=O)C(NC(=O)OC(C)(C)C)C1CCCC1)C(=O)NS(=O)(=O)C1CC1. The third kappa shape index (κ3) is 8.73. The second-order valence-electron chi connectivity index (χ2n) is 16.6. The number of nitrogens with zero attached hydrogens (tertiary/aromatic N) is 2. The largest absolute Gasteiger partial charge is 0.497 e. The molecule has 3 aliphatic carbocycles. The second-order valence-corrected chi connectivity index (χ2v) is 18.5. The van der Waals surface area contributed by atoms with Crippen molar-refractivity contribution in [3.05, 3.63) is 67.3 Å². The van der Waals surface area contributed by atoms with Gasteiger partial charge in [0, 0.05) is 35.4 Å². The van der Waals surface area contributed by atoms with E-state index >= 15 is 0 Å². The fraction of sp³-hybridized carbons (Fsp3) is 0.500. The molecular weight excluding hydrogens is 751 g/mol. The maximum absolute atomic E-state index is 14.8. The van der Waals surface area contributed by atoms with E-state index in [0.29, 0.717) is 53.8 Å². The summed E-state index contributed by atoms with van der Waals surface area (Å²) in [4.78, 5) is 62.4. The normalized spacial score (nSPS) is 24.0. The van der Waals surface area contributed by atoms with Crippen LogP contribution < -0.4 is 24.8 Å². The van der Waals surface area contributed by atoms with Gasteiger partial charge < -0.3 is 29.7 Å². The van der Waals surface area contributed by atoms with Crippen LogP contribution in [0.15, 0.2) is 67.3 Å². The molecule has 304 valence electrons. The van der Waals surface area contributed by atoms with Gasteiger partial charge >= 0.3 is 6.09 Å². The summed E-state index contributed by atoms with van der Waals surface area (Å²) in [5.74, 6) is -1.58. The Balaban J connectivity index is 1.22. The number of aromatic nitrogens is 1. The van der Waals surface area contributed by atoms with Crippen LogP contribution in [0.4, 0.5) is 4.79 Å². The zero-order valence-electron chi connectivity index (χ0n) is 32.8. The van der Waals surface area contributed by atoms with Crippen molar-refractivity contribution in [2.24, 2.45) is 11.8 Å². The zero-order valence-corrected chi connectivity index (χ0v) is 33.6. The number of sulfonamides is 1. The van der Waals surface area contributed by atoms with Gasteiger partial charge in [-0.3, -0.25) is 19.1 Å². The Morgan fingerprint density at radius 1 is 1.02 bits per heavy atom. The molecule has 57 heavy (non-hydrogen) atoms. The van der Waals surface area contributed by atoms with Gasteiger partial charge in [-0.1, -0.05) is 49.2 Å². The van der Waals surface area contributed by atoms with E-state index in [1.807, 2.05) is 48.5 Å². The van der Waals surface area contributed by atoms with Crippen LogP contribution in [0.5, 0.6) is 11.5 Å². The van der Waals surface area contributed by atoms with E-state index in [0.717, 1.165) is 18.4 Å². The molecule has 7 rings (SSSR count). The van der Waals surface area contributed by atoms with Gasteiger partial charge in [-0.25, -0.2) is 18.2 Å². The van der Waals surface area contributed by atoms with Crippen LogP contribution >= 0.6 is 0 Å². The fourth-order valence-electron chi connectivity index (χ4n) is 8.02. The van der Waals surface area contributed by atoms with Gasteiger partial charge in [0.25, 0.3) is 5.91 Å². The number of rotatable bonds is 13. The summed E-state index contributed by atoms with van der Waals surface area (Å²) < 4.78 is 45.6. The average molecular weight is 802 g/mol. The number of hydrogen-bond donors (Lipinski definition) is 3. The van der Waals surface area contributed by atoms with E-state index in [-0.39, 0.29) is 25.3 Å². The molecule has 4 amide bonds. The molecule has 0 bridgehead atoms. The summed E-state index contributed by atoms with van der Waals surface area (Å²) in [7, 11) is -2.34. The number of ether oxygens (including phenoxy) is 3. The predicted molar refractivity (Wildman–Crippen MR) is 213 cm³/mol. The third-order valence-electron chi connectivity index (χ3n) is 11.2. The van der Waals surface area contributed by atoms with Gasteiger partial charge in [-0.15, -0.1) is 6.58 Å². The first-order valence-electron chi connectivity index (χ1n) is 19.6. The van der Waals surface area contributed by atoms with Crippen LogP contribution in [0, 0.1) is 11.8 Å². The number of methoxy groups -OCH3 is 1. The van der Waals surface area contributed by atoms with Crippen LogP contribution in [0.2, 0.25) is 0 Å². The molecule has 0 radical (unpaired) electrons. The molecule has 14 nitrogen and oxygen atoms in total. The van der Waals surface area contributed by atoms with E-state index in [4.69, 9.17) is 19.2 Å². The van der Waals surface area contributed by atoms with Crippen LogP contribution in [0.25, 0.3) is 22.2 Å². The highest BCUT2D eigenvalue weighted by atomic mass is 32.2. The minimum Gasteiger partial charge on any atom is -0.497 e. The Hall–Kier alpha value is -5.18. The molecule has 3 aromatic rings. The van der Waals surface area contributed by atoms with Gasteiger partial charge in [-0.2, -0.15) is 0 Å². The zero-order chi connectivity index (χ0) is 40.7. The Morgan fingerprint density at radius 2 is 1.74 bits per heavy atom.